The summed E-state index contributed by atoms with van der Waals surface area (Å²) >= 11 is 0. The molecule has 0 spiro atoms. The van der Waals surface area contributed by atoms with Crippen molar-refractivity contribution in [3.05, 3.63) is 58.3 Å². The number of benzene rings is 1. The van der Waals surface area contributed by atoms with Crippen molar-refractivity contribution in [2.45, 2.75) is 39.4 Å². The highest BCUT2D eigenvalue weighted by atomic mass is 16.5. The lowest BCUT2D eigenvalue weighted by molar-refractivity contribution is -0.0405. The predicted octanol–water partition coefficient (Wildman–Crippen LogP) is 3.07. The van der Waals surface area contributed by atoms with Crippen LogP contribution in [0.15, 0.2) is 30.3 Å². The summed E-state index contributed by atoms with van der Waals surface area (Å²) in [6.07, 6.45) is 0.536. The molecule has 0 saturated heterocycles. The Balaban J connectivity index is 1.85. The van der Waals surface area contributed by atoms with Gasteiger partial charge in [-0.3, -0.25) is 15.4 Å². The quantitative estimate of drug-likeness (QED) is 0.852. The van der Waals surface area contributed by atoms with Crippen LogP contribution < -0.4 is 10.6 Å². The number of nitriles is 1. The molecule has 1 aromatic carbocycles. The number of aromatic nitrogens is 1. The maximum Gasteiger partial charge on any atom is 0.327 e. The van der Waals surface area contributed by atoms with Gasteiger partial charge in [0, 0.05) is 23.2 Å². The number of amides is 3. The van der Waals surface area contributed by atoms with E-state index in [0.29, 0.717) is 29.8 Å². The van der Waals surface area contributed by atoms with Gasteiger partial charge in [0.1, 0.15) is 6.07 Å². The average molecular weight is 364 g/mol. The number of urea groups is 1. The van der Waals surface area contributed by atoms with E-state index in [1.165, 1.54) is 0 Å². The lowest BCUT2D eigenvalue weighted by atomic mass is 9.88. The third-order valence-corrected chi connectivity index (χ3v) is 4.44. The van der Waals surface area contributed by atoms with E-state index < -0.39 is 17.5 Å². The first-order valence-electron chi connectivity index (χ1n) is 8.54. The summed E-state index contributed by atoms with van der Waals surface area (Å²) < 4.78 is 5.80. The highest BCUT2D eigenvalue weighted by Gasteiger charge is 2.31. The van der Waals surface area contributed by atoms with Gasteiger partial charge in [0.15, 0.2) is 5.82 Å². The van der Waals surface area contributed by atoms with Gasteiger partial charge in [-0.1, -0.05) is 18.2 Å². The number of ether oxygens (including phenoxy) is 1. The van der Waals surface area contributed by atoms with Crippen molar-refractivity contribution in [1.82, 2.24) is 10.3 Å². The second-order valence-corrected chi connectivity index (χ2v) is 6.99. The molecule has 3 rings (SSSR count). The van der Waals surface area contributed by atoms with E-state index in [1.807, 2.05) is 13.8 Å². The summed E-state index contributed by atoms with van der Waals surface area (Å²) in [5, 5.41) is 14.4. The molecule has 0 saturated carbocycles. The van der Waals surface area contributed by atoms with E-state index in [1.54, 1.807) is 37.3 Å². The van der Waals surface area contributed by atoms with Crippen LogP contribution in [0.4, 0.5) is 10.6 Å². The molecule has 0 atom stereocenters. The minimum Gasteiger partial charge on any atom is -0.370 e. The van der Waals surface area contributed by atoms with E-state index >= 15 is 0 Å². The van der Waals surface area contributed by atoms with E-state index in [2.05, 4.69) is 21.7 Å². The highest BCUT2D eigenvalue weighted by molar-refractivity contribution is 6.08. The molecule has 0 radical (unpaired) electrons. The summed E-state index contributed by atoms with van der Waals surface area (Å²) in [5.74, 6) is -0.388. The number of hydrogen-bond acceptors (Lipinski definition) is 5. The summed E-state index contributed by atoms with van der Waals surface area (Å²) in [5.41, 5.74) is 2.64. The number of rotatable bonds is 2. The Hall–Kier alpha value is -3.24. The number of hydrogen-bond donors (Lipinski definition) is 2. The second-order valence-electron chi connectivity index (χ2n) is 6.99. The lowest BCUT2D eigenvalue weighted by Gasteiger charge is -2.33. The molecule has 7 heteroatoms. The number of imide groups is 1. The Morgan fingerprint density at radius 2 is 1.93 bits per heavy atom. The number of nitrogens with one attached hydrogen (secondary N) is 2. The molecule has 0 fully saturated rings. The van der Waals surface area contributed by atoms with Crippen LogP contribution in [0.25, 0.3) is 0 Å². The van der Waals surface area contributed by atoms with Gasteiger partial charge in [0.25, 0.3) is 5.91 Å². The van der Waals surface area contributed by atoms with Gasteiger partial charge in [0.2, 0.25) is 0 Å². The Morgan fingerprint density at radius 1 is 1.22 bits per heavy atom. The van der Waals surface area contributed by atoms with Crippen molar-refractivity contribution in [2.75, 3.05) is 5.32 Å². The fourth-order valence-corrected chi connectivity index (χ4v) is 3.05. The third kappa shape index (κ3) is 3.96. The largest absolute Gasteiger partial charge is 0.370 e. The van der Waals surface area contributed by atoms with Crippen LogP contribution in [0, 0.1) is 18.3 Å². The first kappa shape index (κ1) is 18.5. The van der Waals surface area contributed by atoms with Crippen molar-refractivity contribution >= 4 is 17.8 Å². The van der Waals surface area contributed by atoms with Crippen molar-refractivity contribution in [3.63, 3.8) is 0 Å². The van der Waals surface area contributed by atoms with Crippen LogP contribution in [0.2, 0.25) is 0 Å². The zero-order valence-corrected chi connectivity index (χ0v) is 15.4. The molecule has 27 heavy (non-hydrogen) atoms. The molecular weight excluding hydrogens is 344 g/mol. The van der Waals surface area contributed by atoms with Crippen LogP contribution >= 0.6 is 0 Å². The Bertz CT molecular complexity index is 946. The highest BCUT2D eigenvalue weighted by Crippen LogP contribution is 2.33. The maximum atomic E-state index is 12.3. The number of pyridine rings is 1. The number of carbonyl (C=O) groups is 2. The zero-order valence-electron chi connectivity index (χ0n) is 15.4. The van der Waals surface area contributed by atoms with E-state index in [-0.39, 0.29) is 5.82 Å². The predicted molar refractivity (Wildman–Crippen MR) is 99.2 cm³/mol. The summed E-state index contributed by atoms with van der Waals surface area (Å²) in [6, 6.07) is 9.80. The van der Waals surface area contributed by atoms with Gasteiger partial charge in [0.05, 0.1) is 17.8 Å². The minimum atomic E-state index is -0.737. The van der Waals surface area contributed by atoms with Gasteiger partial charge in [-0.05, 0) is 38.5 Å². The third-order valence-electron chi connectivity index (χ3n) is 4.44. The zero-order chi connectivity index (χ0) is 19.6. The smallest absolute Gasteiger partial charge is 0.327 e. The first-order valence-corrected chi connectivity index (χ1v) is 8.54. The molecular formula is C20H20N4O3. The van der Waals surface area contributed by atoms with E-state index in [0.717, 1.165) is 11.1 Å². The van der Waals surface area contributed by atoms with Gasteiger partial charge in [-0.2, -0.15) is 5.26 Å². The molecule has 2 heterocycles. The van der Waals surface area contributed by atoms with Crippen molar-refractivity contribution in [2.24, 2.45) is 0 Å². The second kappa shape index (κ2) is 7.17. The topological polar surface area (TPSA) is 104 Å². The standard InChI is InChI=1S/C20H20N4O3/c1-12-16-11-27-20(2,3)9-14(16)15(10-21)17(22-12)23-19(26)24-18(25)13-7-5-4-6-8-13/h4-8H,9,11H2,1-3H3,(H2,22,23,24,25,26). The van der Waals surface area contributed by atoms with Crippen molar-refractivity contribution < 1.29 is 14.3 Å². The van der Waals surface area contributed by atoms with Crippen LogP contribution in [0.5, 0.6) is 0 Å². The number of anilines is 1. The molecule has 0 unspecified atom stereocenters. The Morgan fingerprint density at radius 3 is 2.59 bits per heavy atom. The average Bonchev–Trinajstić information content (AvgIpc) is 2.61. The van der Waals surface area contributed by atoms with E-state index in [4.69, 9.17) is 4.74 Å². The minimum absolute atomic E-state index is 0.143. The number of carbonyl (C=O) groups excluding carboxylic acids is 2. The molecule has 1 aliphatic rings. The monoisotopic (exact) mass is 364 g/mol. The molecule has 2 N–H and O–H groups in total. The molecule has 7 nitrogen and oxygen atoms in total. The molecule has 0 bridgehead atoms. The van der Waals surface area contributed by atoms with Crippen molar-refractivity contribution in [1.29, 1.82) is 5.26 Å². The molecule has 2 aromatic rings. The SMILES string of the molecule is Cc1nc(NC(=O)NC(=O)c2ccccc2)c(C#N)c2c1COC(C)(C)C2. The summed E-state index contributed by atoms with van der Waals surface area (Å²) in [6.45, 7) is 6.07. The molecule has 1 aromatic heterocycles. The van der Waals surface area contributed by atoms with Gasteiger partial charge in [-0.25, -0.2) is 9.78 Å². The van der Waals surface area contributed by atoms with E-state index in [9.17, 15) is 14.9 Å². The fourth-order valence-electron chi connectivity index (χ4n) is 3.05. The molecule has 3 amide bonds. The normalized spacial score (nSPS) is 14.6. The Labute approximate surface area is 157 Å². The van der Waals surface area contributed by atoms with Crippen LogP contribution in [0.1, 0.15) is 46.6 Å². The molecule has 138 valence electrons. The van der Waals surface area contributed by atoms with Gasteiger partial charge >= 0.3 is 6.03 Å². The summed E-state index contributed by atoms with van der Waals surface area (Å²) in [7, 11) is 0. The van der Waals surface area contributed by atoms with Gasteiger partial charge < -0.3 is 4.74 Å². The summed E-state index contributed by atoms with van der Waals surface area (Å²) in [4.78, 5) is 28.7. The maximum absolute atomic E-state index is 12.3. The number of aryl methyl sites for hydroxylation is 1. The molecule has 1 aliphatic heterocycles. The number of nitrogens with zero attached hydrogens (tertiary/aromatic N) is 2. The lowest BCUT2D eigenvalue weighted by Crippen LogP contribution is -2.36. The van der Waals surface area contributed by atoms with Crippen LogP contribution in [-0.4, -0.2) is 22.5 Å². The van der Waals surface area contributed by atoms with Crippen molar-refractivity contribution in [3.8, 4) is 6.07 Å². The first-order chi connectivity index (χ1) is 12.8. The fraction of sp³-hybridized carbons (Fsp3) is 0.300. The van der Waals surface area contributed by atoms with Crippen LogP contribution in [-0.2, 0) is 17.8 Å². The molecule has 0 aliphatic carbocycles. The van der Waals surface area contributed by atoms with Gasteiger partial charge in [-0.15, -0.1) is 0 Å². The number of fused-ring (bicyclic) bond motifs is 1. The van der Waals surface area contributed by atoms with Crippen LogP contribution in [0.3, 0.4) is 0 Å². The Kier molecular flexibility index (Phi) is 4.93.